The van der Waals surface area contributed by atoms with Crippen LogP contribution in [0.4, 0.5) is 5.69 Å². The highest BCUT2D eigenvalue weighted by Gasteiger charge is 2.12. The number of amides is 1. The number of anilines is 1. The number of carbonyl (C=O) groups excluding carboxylic acids is 1. The largest absolute Gasteiger partial charge is 0.325 e. The van der Waals surface area contributed by atoms with Crippen molar-refractivity contribution in [3.8, 4) is 0 Å². The van der Waals surface area contributed by atoms with Crippen LogP contribution < -0.4 is 11.1 Å². The predicted octanol–water partition coefficient (Wildman–Crippen LogP) is 1.80. The molecule has 0 bridgehead atoms. The van der Waals surface area contributed by atoms with Crippen molar-refractivity contribution in [1.82, 2.24) is 4.98 Å². The second-order valence-corrected chi connectivity index (χ2v) is 3.64. The van der Waals surface area contributed by atoms with Gasteiger partial charge in [0.2, 0.25) is 5.91 Å². The second-order valence-electron chi connectivity index (χ2n) is 3.25. The van der Waals surface area contributed by atoms with Crippen molar-refractivity contribution >= 4 is 23.2 Å². The summed E-state index contributed by atoms with van der Waals surface area (Å²) in [6.07, 6.45) is 3.08. The molecule has 0 unspecified atom stereocenters. The van der Waals surface area contributed by atoms with Crippen LogP contribution in [-0.4, -0.2) is 16.9 Å². The molecular weight excluding hydrogens is 214 g/mol. The van der Waals surface area contributed by atoms with Crippen molar-refractivity contribution < 1.29 is 4.79 Å². The highest BCUT2D eigenvalue weighted by molar-refractivity contribution is 6.29. The molecule has 0 aliphatic carbocycles. The van der Waals surface area contributed by atoms with Crippen LogP contribution in [0.1, 0.15) is 19.8 Å². The molecule has 0 aliphatic rings. The van der Waals surface area contributed by atoms with Crippen molar-refractivity contribution in [3.63, 3.8) is 0 Å². The number of nitrogens with one attached hydrogen (secondary N) is 1. The SMILES string of the molecule is CCC[C@@H](N)C(=O)Nc1ccnc(Cl)c1. The van der Waals surface area contributed by atoms with Gasteiger partial charge in [0, 0.05) is 11.9 Å². The van der Waals surface area contributed by atoms with Crippen molar-refractivity contribution in [2.24, 2.45) is 5.73 Å². The van der Waals surface area contributed by atoms with Crippen molar-refractivity contribution in [2.75, 3.05) is 5.32 Å². The molecule has 0 saturated carbocycles. The fraction of sp³-hybridized carbons (Fsp3) is 0.400. The Morgan fingerprint density at radius 1 is 1.73 bits per heavy atom. The molecule has 0 radical (unpaired) electrons. The summed E-state index contributed by atoms with van der Waals surface area (Å²) in [5.74, 6) is -0.195. The van der Waals surface area contributed by atoms with E-state index in [4.69, 9.17) is 17.3 Å². The maximum absolute atomic E-state index is 11.5. The van der Waals surface area contributed by atoms with Gasteiger partial charge in [-0.25, -0.2) is 4.98 Å². The first-order valence-corrected chi connectivity index (χ1v) is 5.19. The van der Waals surface area contributed by atoms with Crippen LogP contribution in [0, 0.1) is 0 Å². The summed E-state index contributed by atoms with van der Waals surface area (Å²) in [5.41, 5.74) is 6.27. The average molecular weight is 228 g/mol. The summed E-state index contributed by atoms with van der Waals surface area (Å²) >= 11 is 5.68. The number of nitrogens with two attached hydrogens (primary N) is 1. The van der Waals surface area contributed by atoms with E-state index in [1.54, 1.807) is 12.1 Å². The molecule has 1 aromatic rings. The van der Waals surface area contributed by atoms with Crippen LogP contribution in [0.25, 0.3) is 0 Å². The van der Waals surface area contributed by atoms with Crippen LogP contribution in [0.5, 0.6) is 0 Å². The molecule has 0 aliphatic heterocycles. The minimum atomic E-state index is -0.470. The first kappa shape index (κ1) is 11.9. The lowest BCUT2D eigenvalue weighted by Gasteiger charge is -2.10. The summed E-state index contributed by atoms with van der Waals surface area (Å²) in [5, 5.41) is 3.02. The summed E-state index contributed by atoms with van der Waals surface area (Å²) in [6.45, 7) is 1.98. The van der Waals surface area contributed by atoms with E-state index in [1.807, 2.05) is 6.92 Å². The van der Waals surface area contributed by atoms with E-state index in [1.165, 1.54) is 6.20 Å². The molecule has 15 heavy (non-hydrogen) atoms. The molecule has 1 rings (SSSR count). The summed E-state index contributed by atoms with van der Waals surface area (Å²) in [6, 6.07) is 2.78. The highest BCUT2D eigenvalue weighted by atomic mass is 35.5. The highest BCUT2D eigenvalue weighted by Crippen LogP contribution is 2.12. The maximum atomic E-state index is 11.5. The van der Waals surface area contributed by atoms with Gasteiger partial charge < -0.3 is 11.1 Å². The number of hydrogen-bond donors (Lipinski definition) is 2. The summed E-state index contributed by atoms with van der Waals surface area (Å²) in [4.78, 5) is 15.3. The zero-order chi connectivity index (χ0) is 11.3. The third-order valence-corrected chi connectivity index (χ3v) is 2.14. The molecular formula is C10H14ClN3O. The normalized spacial score (nSPS) is 12.2. The Balaban J connectivity index is 2.58. The van der Waals surface area contributed by atoms with Gasteiger partial charge in [-0.2, -0.15) is 0 Å². The predicted molar refractivity (Wildman–Crippen MR) is 60.8 cm³/mol. The molecule has 1 amide bonds. The van der Waals surface area contributed by atoms with Crippen LogP contribution in [0.2, 0.25) is 5.15 Å². The fourth-order valence-electron chi connectivity index (χ4n) is 1.16. The van der Waals surface area contributed by atoms with Gasteiger partial charge in [0.25, 0.3) is 0 Å². The molecule has 5 heteroatoms. The Morgan fingerprint density at radius 2 is 2.47 bits per heavy atom. The van der Waals surface area contributed by atoms with Crippen LogP contribution in [0.15, 0.2) is 18.3 Å². The van der Waals surface area contributed by atoms with E-state index < -0.39 is 6.04 Å². The second kappa shape index (κ2) is 5.68. The van der Waals surface area contributed by atoms with E-state index in [9.17, 15) is 4.79 Å². The van der Waals surface area contributed by atoms with Crippen molar-refractivity contribution in [3.05, 3.63) is 23.5 Å². The minimum Gasteiger partial charge on any atom is -0.325 e. The summed E-state index contributed by atoms with van der Waals surface area (Å²) in [7, 11) is 0. The molecule has 0 fully saturated rings. The smallest absolute Gasteiger partial charge is 0.241 e. The molecule has 3 N–H and O–H groups in total. The van der Waals surface area contributed by atoms with Gasteiger partial charge in [0.15, 0.2) is 0 Å². The zero-order valence-electron chi connectivity index (χ0n) is 8.53. The topological polar surface area (TPSA) is 68.0 Å². The molecule has 0 aromatic carbocycles. The van der Waals surface area contributed by atoms with Crippen molar-refractivity contribution in [2.45, 2.75) is 25.8 Å². The number of carbonyl (C=O) groups is 1. The number of hydrogen-bond acceptors (Lipinski definition) is 3. The maximum Gasteiger partial charge on any atom is 0.241 e. The Kier molecular flexibility index (Phi) is 4.52. The zero-order valence-corrected chi connectivity index (χ0v) is 9.29. The minimum absolute atomic E-state index is 0.195. The molecule has 0 spiro atoms. The number of rotatable bonds is 4. The number of pyridine rings is 1. The molecule has 1 atom stereocenters. The molecule has 1 aromatic heterocycles. The molecule has 4 nitrogen and oxygen atoms in total. The molecule has 82 valence electrons. The van der Waals surface area contributed by atoms with E-state index >= 15 is 0 Å². The lowest BCUT2D eigenvalue weighted by molar-refractivity contribution is -0.117. The Hall–Kier alpha value is -1.13. The fourth-order valence-corrected chi connectivity index (χ4v) is 1.33. The van der Waals surface area contributed by atoms with E-state index in [0.29, 0.717) is 17.3 Å². The van der Waals surface area contributed by atoms with Crippen LogP contribution in [0.3, 0.4) is 0 Å². The van der Waals surface area contributed by atoms with Crippen molar-refractivity contribution in [1.29, 1.82) is 0 Å². The standard InChI is InChI=1S/C10H14ClN3O/c1-2-3-8(12)10(15)14-7-4-5-13-9(11)6-7/h4-6,8H,2-3,12H2,1H3,(H,13,14,15)/t8-/m1/s1. The number of nitrogens with zero attached hydrogens (tertiary/aromatic N) is 1. The third-order valence-electron chi connectivity index (χ3n) is 1.93. The first-order valence-electron chi connectivity index (χ1n) is 4.81. The summed E-state index contributed by atoms with van der Waals surface area (Å²) < 4.78 is 0. The Labute approximate surface area is 93.8 Å². The Bertz CT molecular complexity index is 343. The first-order chi connectivity index (χ1) is 7.13. The number of aromatic nitrogens is 1. The molecule has 0 saturated heterocycles. The van der Waals surface area contributed by atoms with Crippen LogP contribution >= 0.6 is 11.6 Å². The van der Waals surface area contributed by atoms with Gasteiger partial charge in [-0.15, -0.1) is 0 Å². The Morgan fingerprint density at radius 3 is 3.07 bits per heavy atom. The van der Waals surface area contributed by atoms with Gasteiger partial charge in [-0.05, 0) is 18.6 Å². The quantitative estimate of drug-likeness (QED) is 0.771. The lowest BCUT2D eigenvalue weighted by atomic mass is 10.1. The van der Waals surface area contributed by atoms with Crippen LogP contribution in [-0.2, 0) is 4.79 Å². The van der Waals surface area contributed by atoms with Gasteiger partial charge >= 0.3 is 0 Å². The van der Waals surface area contributed by atoms with Gasteiger partial charge in [-0.1, -0.05) is 24.9 Å². The monoisotopic (exact) mass is 227 g/mol. The third kappa shape index (κ3) is 3.85. The van der Waals surface area contributed by atoms with E-state index in [-0.39, 0.29) is 5.91 Å². The average Bonchev–Trinajstić information content (AvgIpc) is 2.18. The van der Waals surface area contributed by atoms with Gasteiger partial charge in [0.05, 0.1) is 6.04 Å². The lowest BCUT2D eigenvalue weighted by Crippen LogP contribution is -2.35. The van der Waals surface area contributed by atoms with E-state index in [0.717, 1.165) is 6.42 Å². The number of halogens is 1. The van der Waals surface area contributed by atoms with Gasteiger partial charge in [0.1, 0.15) is 5.15 Å². The molecule has 1 heterocycles. The van der Waals surface area contributed by atoms with Gasteiger partial charge in [-0.3, -0.25) is 4.79 Å². The van der Waals surface area contributed by atoms with E-state index in [2.05, 4.69) is 10.3 Å².